The second-order valence-corrected chi connectivity index (χ2v) is 3.87. The predicted octanol–water partition coefficient (Wildman–Crippen LogP) is -0.427. The van der Waals surface area contributed by atoms with Gasteiger partial charge < -0.3 is 20.6 Å². The lowest BCUT2D eigenvalue weighted by molar-refractivity contribution is -0.137. The number of hydrogen-bond acceptors (Lipinski definition) is 4. The highest BCUT2D eigenvalue weighted by molar-refractivity contribution is 5.66. The summed E-state index contributed by atoms with van der Waals surface area (Å²) in [4.78, 5) is 10.2. The van der Waals surface area contributed by atoms with Crippen molar-refractivity contribution < 1.29 is 20.1 Å². The Labute approximate surface area is 83.8 Å². The van der Waals surface area contributed by atoms with E-state index < -0.39 is 11.6 Å². The van der Waals surface area contributed by atoms with E-state index in [9.17, 15) is 9.90 Å². The SMILES string of the molecule is CC(CCC(=O)O)NCC(C)(O)CO. The largest absolute Gasteiger partial charge is 0.481 e. The van der Waals surface area contributed by atoms with Crippen molar-refractivity contribution in [1.82, 2.24) is 5.32 Å². The van der Waals surface area contributed by atoms with Crippen molar-refractivity contribution in [3.05, 3.63) is 0 Å². The molecule has 0 spiro atoms. The van der Waals surface area contributed by atoms with Gasteiger partial charge in [-0.1, -0.05) is 0 Å². The summed E-state index contributed by atoms with van der Waals surface area (Å²) in [5.74, 6) is -0.826. The Morgan fingerprint density at radius 1 is 1.57 bits per heavy atom. The Morgan fingerprint density at radius 3 is 2.57 bits per heavy atom. The quantitative estimate of drug-likeness (QED) is 0.453. The number of rotatable bonds is 7. The van der Waals surface area contributed by atoms with Crippen molar-refractivity contribution in [3.8, 4) is 0 Å². The van der Waals surface area contributed by atoms with E-state index in [0.29, 0.717) is 6.42 Å². The molecule has 0 saturated carbocycles. The van der Waals surface area contributed by atoms with E-state index in [1.807, 2.05) is 6.92 Å². The van der Waals surface area contributed by atoms with E-state index in [1.165, 1.54) is 6.92 Å². The van der Waals surface area contributed by atoms with E-state index in [-0.39, 0.29) is 25.6 Å². The molecule has 0 aliphatic rings. The number of hydrogen-bond donors (Lipinski definition) is 4. The van der Waals surface area contributed by atoms with Gasteiger partial charge in [0.25, 0.3) is 0 Å². The van der Waals surface area contributed by atoms with Gasteiger partial charge in [0.15, 0.2) is 0 Å². The Balaban J connectivity index is 3.63. The molecule has 84 valence electrons. The molecule has 0 heterocycles. The normalized spacial score (nSPS) is 17.4. The molecule has 0 fully saturated rings. The molecule has 0 amide bonds. The number of aliphatic carboxylic acids is 1. The molecule has 0 rings (SSSR count). The Kier molecular flexibility index (Phi) is 5.68. The van der Waals surface area contributed by atoms with Crippen LogP contribution in [0.3, 0.4) is 0 Å². The topological polar surface area (TPSA) is 89.8 Å². The van der Waals surface area contributed by atoms with Crippen LogP contribution in [0.25, 0.3) is 0 Å². The lowest BCUT2D eigenvalue weighted by Crippen LogP contribution is -2.44. The van der Waals surface area contributed by atoms with E-state index in [1.54, 1.807) is 0 Å². The van der Waals surface area contributed by atoms with Gasteiger partial charge in [0.2, 0.25) is 0 Å². The summed E-state index contributed by atoms with van der Waals surface area (Å²) >= 11 is 0. The van der Waals surface area contributed by atoms with Crippen LogP contribution in [-0.4, -0.2) is 46.1 Å². The maximum atomic E-state index is 10.2. The molecule has 4 N–H and O–H groups in total. The molecule has 2 atom stereocenters. The van der Waals surface area contributed by atoms with Crippen LogP contribution in [0.4, 0.5) is 0 Å². The van der Waals surface area contributed by atoms with Crippen LogP contribution < -0.4 is 5.32 Å². The molecule has 0 aliphatic carbocycles. The summed E-state index contributed by atoms with van der Waals surface area (Å²) < 4.78 is 0. The zero-order chi connectivity index (χ0) is 11.2. The summed E-state index contributed by atoms with van der Waals surface area (Å²) in [6.45, 7) is 3.30. The van der Waals surface area contributed by atoms with Gasteiger partial charge in [0, 0.05) is 19.0 Å². The molecule has 0 aromatic rings. The Bertz CT molecular complexity index is 182. The van der Waals surface area contributed by atoms with Crippen LogP contribution in [0.15, 0.2) is 0 Å². The van der Waals surface area contributed by atoms with Crippen LogP contribution in [0.2, 0.25) is 0 Å². The van der Waals surface area contributed by atoms with Gasteiger partial charge in [-0.25, -0.2) is 0 Å². The standard InChI is InChI=1S/C9H19NO4/c1-7(3-4-8(12)13)10-5-9(2,14)6-11/h7,10-11,14H,3-6H2,1-2H3,(H,12,13). The van der Waals surface area contributed by atoms with Crippen molar-refractivity contribution in [3.63, 3.8) is 0 Å². The van der Waals surface area contributed by atoms with E-state index in [4.69, 9.17) is 10.2 Å². The Hall–Kier alpha value is -0.650. The van der Waals surface area contributed by atoms with Gasteiger partial charge >= 0.3 is 5.97 Å². The second kappa shape index (κ2) is 5.95. The average molecular weight is 205 g/mol. The van der Waals surface area contributed by atoms with Crippen molar-refractivity contribution in [2.45, 2.75) is 38.3 Å². The third kappa shape index (κ3) is 6.82. The highest BCUT2D eigenvalue weighted by Gasteiger charge is 2.19. The molecule has 0 saturated heterocycles. The summed E-state index contributed by atoms with van der Waals surface area (Å²) in [5.41, 5.74) is -1.14. The van der Waals surface area contributed by atoms with Crippen LogP contribution >= 0.6 is 0 Å². The zero-order valence-electron chi connectivity index (χ0n) is 8.66. The first-order valence-electron chi connectivity index (χ1n) is 4.66. The number of aliphatic hydroxyl groups excluding tert-OH is 1. The first kappa shape index (κ1) is 13.4. The minimum atomic E-state index is -1.14. The molecule has 0 aromatic heterocycles. The predicted molar refractivity (Wildman–Crippen MR) is 52.0 cm³/mol. The van der Waals surface area contributed by atoms with Crippen molar-refractivity contribution >= 4 is 5.97 Å². The fourth-order valence-corrected chi connectivity index (χ4v) is 0.892. The van der Waals surface area contributed by atoms with Crippen molar-refractivity contribution in [2.75, 3.05) is 13.2 Å². The number of carboxylic acids is 1. The van der Waals surface area contributed by atoms with Gasteiger partial charge in [-0.2, -0.15) is 0 Å². The number of carbonyl (C=O) groups is 1. The van der Waals surface area contributed by atoms with E-state index in [0.717, 1.165) is 0 Å². The molecular weight excluding hydrogens is 186 g/mol. The summed E-state index contributed by atoms with van der Waals surface area (Å²) in [7, 11) is 0. The smallest absolute Gasteiger partial charge is 0.303 e. The van der Waals surface area contributed by atoms with Gasteiger partial charge in [0.05, 0.1) is 12.2 Å². The molecule has 0 aliphatic heterocycles. The minimum Gasteiger partial charge on any atom is -0.481 e. The molecular formula is C9H19NO4. The number of carboxylic acid groups (broad SMARTS) is 1. The first-order chi connectivity index (χ1) is 6.37. The molecule has 2 unspecified atom stereocenters. The first-order valence-corrected chi connectivity index (χ1v) is 4.66. The second-order valence-electron chi connectivity index (χ2n) is 3.87. The molecule has 14 heavy (non-hydrogen) atoms. The lowest BCUT2D eigenvalue weighted by atomic mass is 10.1. The van der Waals surface area contributed by atoms with Crippen molar-refractivity contribution in [1.29, 1.82) is 0 Å². The van der Waals surface area contributed by atoms with Crippen LogP contribution in [0.1, 0.15) is 26.7 Å². The average Bonchev–Trinajstić information content (AvgIpc) is 2.11. The maximum absolute atomic E-state index is 10.2. The van der Waals surface area contributed by atoms with Gasteiger partial charge in [-0.05, 0) is 20.3 Å². The zero-order valence-corrected chi connectivity index (χ0v) is 8.66. The molecule has 0 radical (unpaired) electrons. The van der Waals surface area contributed by atoms with E-state index in [2.05, 4.69) is 5.32 Å². The highest BCUT2D eigenvalue weighted by Crippen LogP contribution is 2.02. The molecule has 0 aromatic carbocycles. The monoisotopic (exact) mass is 205 g/mol. The van der Waals surface area contributed by atoms with Gasteiger partial charge in [0.1, 0.15) is 0 Å². The minimum absolute atomic E-state index is 0.0177. The fourth-order valence-electron chi connectivity index (χ4n) is 0.892. The number of nitrogens with one attached hydrogen (secondary N) is 1. The maximum Gasteiger partial charge on any atom is 0.303 e. The van der Waals surface area contributed by atoms with Gasteiger partial charge in [-0.15, -0.1) is 0 Å². The Morgan fingerprint density at radius 2 is 2.14 bits per heavy atom. The summed E-state index contributed by atoms with van der Waals surface area (Å²) in [5, 5.41) is 29.5. The van der Waals surface area contributed by atoms with Crippen molar-refractivity contribution in [2.24, 2.45) is 0 Å². The van der Waals surface area contributed by atoms with E-state index >= 15 is 0 Å². The summed E-state index contributed by atoms with van der Waals surface area (Å²) in [6, 6.07) is 0.0177. The summed E-state index contributed by atoms with van der Waals surface area (Å²) in [6.07, 6.45) is 0.617. The fraction of sp³-hybridized carbons (Fsp3) is 0.889. The third-order valence-corrected chi connectivity index (χ3v) is 1.96. The lowest BCUT2D eigenvalue weighted by Gasteiger charge is -2.23. The van der Waals surface area contributed by atoms with Crippen LogP contribution in [0.5, 0.6) is 0 Å². The third-order valence-electron chi connectivity index (χ3n) is 1.96. The number of aliphatic hydroxyl groups is 2. The van der Waals surface area contributed by atoms with Crippen LogP contribution in [0, 0.1) is 0 Å². The molecule has 0 bridgehead atoms. The molecule has 5 heteroatoms. The van der Waals surface area contributed by atoms with Gasteiger partial charge in [-0.3, -0.25) is 4.79 Å². The highest BCUT2D eigenvalue weighted by atomic mass is 16.4. The molecule has 5 nitrogen and oxygen atoms in total. The van der Waals surface area contributed by atoms with Crippen LogP contribution in [-0.2, 0) is 4.79 Å².